The van der Waals surface area contributed by atoms with Crippen molar-refractivity contribution in [3.8, 4) is 0 Å². The van der Waals surface area contributed by atoms with Crippen LogP contribution in [-0.2, 0) is 6.18 Å². The highest BCUT2D eigenvalue weighted by Gasteiger charge is 2.34. The molecular formula is C17H18ClF3N4. The van der Waals surface area contributed by atoms with Crippen LogP contribution in [0.2, 0.25) is 5.02 Å². The van der Waals surface area contributed by atoms with E-state index < -0.39 is 11.7 Å². The molecule has 1 saturated carbocycles. The largest absolute Gasteiger partial charge is 0.418 e. The van der Waals surface area contributed by atoms with Crippen LogP contribution in [0.25, 0.3) is 0 Å². The molecule has 8 heteroatoms. The molecule has 0 saturated heterocycles. The van der Waals surface area contributed by atoms with Gasteiger partial charge in [-0.3, -0.25) is 0 Å². The van der Waals surface area contributed by atoms with E-state index >= 15 is 0 Å². The summed E-state index contributed by atoms with van der Waals surface area (Å²) in [6.07, 6.45) is -0.0260. The van der Waals surface area contributed by atoms with Gasteiger partial charge in [-0.25, -0.2) is 9.97 Å². The molecular weight excluding hydrogens is 353 g/mol. The first-order chi connectivity index (χ1) is 11.8. The molecule has 0 radical (unpaired) electrons. The Balaban J connectivity index is 1.86. The van der Waals surface area contributed by atoms with Gasteiger partial charge in [-0.05, 0) is 38.0 Å². The maximum atomic E-state index is 13.2. The SMILES string of the molecule is Cc1nc(Nc2ccc(Cl)cc2C(F)(F)F)cc(NC2CCCC2)n1. The summed E-state index contributed by atoms with van der Waals surface area (Å²) in [5, 5.41) is 6.10. The van der Waals surface area contributed by atoms with Crippen molar-refractivity contribution in [3.63, 3.8) is 0 Å². The van der Waals surface area contributed by atoms with E-state index in [2.05, 4.69) is 20.6 Å². The van der Waals surface area contributed by atoms with Crippen LogP contribution in [0.1, 0.15) is 37.1 Å². The standard InChI is InChI=1S/C17H18ClF3N4/c1-10-22-15(24-12-4-2-3-5-12)9-16(23-10)25-14-7-6-11(18)8-13(14)17(19,20)21/h6-9,12H,2-5H2,1H3,(H2,22,23,24,25). The molecule has 1 aromatic heterocycles. The third-order valence-electron chi connectivity index (χ3n) is 4.09. The van der Waals surface area contributed by atoms with Crippen molar-refractivity contribution in [1.29, 1.82) is 0 Å². The lowest BCUT2D eigenvalue weighted by Gasteiger charge is -2.17. The van der Waals surface area contributed by atoms with E-state index in [0.29, 0.717) is 23.5 Å². The highest BCUT2D eigenvalue weighted by Crippen LogP contribution is 2.37. The monoisotopic (exact) mass is 370 g/mol. The first-order valence-electron chi connectivity index (χ1n) is 8.07. The zero-order chi connectivity index (χ0) is 18.0. The molecule has 1 aliphatic rings. The lowest BCUT2D eigenvalue weighted by atomic mass is 10.1. The van der Waals surface area contributed by atoms with Crippen LogP contribution in [0.4, 0.5) is 30.5 Å². The number of nitrogens with one attached hydrogen (secondary N) is 2. The predicted octanol–water partition coefficient (Wildman–Crippen LogP) is 5.56. The molecule has 0 amide bonds. The molecule has 3 rings (SSSR count). The molecule has 0 aliphatic heterocycles. The topological polar surface area (TPSA) is 49.8 Å². The van der Waals surface area contributed by atoms with Gasteiger partial charge in [0.2, 0.25) is 0 Å². The number of nitrogens with zero attached hydrogens (tertiary/aromatic N) is 2. The van der Waals surface area contributed by atoms with E-state index in [1.807, 2.05) is 0 Å². The quantitative estimate of drug-likeness (QED) is 0.740. The zero-order valence-electron chi connectivity index (χ0n) is 13.6. The van der Waals surface area contributed by atoms with Gasteiger partial charge >= 0.3 is 6.18 Å². The number of aromatic nitrogens is 2. The van der Waals surface area contributed by atoms with Gasteiger partial charge in [-0.2, -0.15) is 13.2 Å². The van der Waals surface area contributed by atoms with Crippen molar-refractivity contribution in [3.05, 3.63) is 40.7 Å². The van der Waals surface area contributed by atoms with Gasteiger partial charge in [0.1, 0.15) is 17.5 Å². The molecule has 1 aromatic carbocycles. The zero-order valence-corrected chi connectivity index (χ0v) is 14.4. The van der Waals surface area contributed by atoms with E-state index in [1.54, 1.807) is 13.0 Å². The second kappa shape index (κ2) is 7.07. The van der Waals surface area contributed by atoms with Crippen LogP contribution < -0.4 is 10.6 Å². The maximum Gasteiger partial charge on any atom is 0.418 e. The van der Waals surface area contributed by atoms with E-state index in [1.165, 1.54) is 25.0 Å². The van der Waals surface area contributed by atoms with Gasteiger partial charge in [-0.15, -0.1) is 0 Å². The minimum Gasteiger partial charge on any atom is -0.367 e. The van der Waals surface area contributed by atoms with Gasteiger partial charge in [-0.1, -0.05) is 24.4 Å². The van der Waals surface area contributed by atoms with Crippen LogP contribution in [0.15, 0.2) is 24.3 Å². The summed E-state index contributed by atoms with van der Waals surface area (Å²) in [4.78, 5) is 8.51. The summed E-state index contributed by atoms with van der Waals surface area (Å²) in [7, 11) is 0. The lowest BCUT2D eigenvalue weighted by molar-refractivity contribution is -0.136. The van der Waals surface area contributed by atoms with Crippen molar-refractivity contribution in [2.75, 3.05) is 10.6 Å². The van der Waals surface area contributed by atoms with Crippen LogP contribution >= 0.6 is 11.6 Å². The second-order valence-corrected chi connectivity index (χ2v) is 6.56. The average molecular weight is 371 g/mol. The average Bonchev–Trinajstić information content (AvgIpc) is 3.00. The lowest BCUT2D eigenvalue weighted by Crippen LogP contribution is -2.16. The van der Waals surface area contributed by atoms with Crippen molar-refractivity contribution in [1.82, 2.24) is 9.97 Å². The maximum absolute atomic E-state index is 13.2. The van der Waals surface area contributed by atoms with Crippen molar-refractivity contribution in [2.24, 2.45) is 0 Å². The van der Waals surface area contributed by atoms with Gasteiger partial charge in [0.05, 0.1) is 11.3 Å². The Hall–Kier alpha value is -2.02. The molecule has 4 nitrogen and oxygen atoms in total. The number of hydrogen-bond acceptors (Lipinski definition) is 4. The van der Waals surface area contributed by atoms with E-state index in [0.717, 1.165) is 18.9 Å². The third-order valence-corrected chi connectivity index (χ3v) is 4.33. The predicted molar refractivity (Wildman–Crippen MR) is 92.4 cm³/mol. The van der Waals surface area contributed by atoms with E-state index in [9.17, 15) is 13.2 Å². The van der Waals surface area contributed by atoms with Gasteiger partial charge < -0.3 is 10.6 Å². The molecule has 0 atom stereocenters. The Morgan fingerprint density at radius 1 is 1.08 bits per heavy atom. The summed E-state index contributed by atoms with van der Waals surface area (Å²) in [5.41, 5.74) is -0.927. The highest BCUT2D eigenvalue weighted by molar-refractivity contribution is 6.30. The number of anilines is 3. The summed E-state index contributed by atoms with van der Waals surface area (Å²) >= 11 is 5.71. The molecule has 0 unspecified atom stereocenters. The van der Waals surface area contributed by atoms with Crippen LogP contribution in [-0.4, -0.2) is 16.0 Å². The Kier molecular flexibility index (Phi) is 5.03. The Labute approximate surface area is 148 Å². The van der Waals surface area contributed by atoms with Gasteiger partial charge in [0.15, 0.2) is 0 Å². The van der Waals surface area contributed by atoms with Crippen LogP contribution in [0, 0.1) is 6.92 Å². The fourth-order valence-electron chi connectivity index (χ4n) is 2.98. The number of alkyl halides is 3. The molecule has 25 heavy (non-hydrogen) atoms. The normalized spacial score (nSPS) is 15.4. The fourth-order valence-corrected chi connectivity index (χ4v) is 3.16. The van der Waals surface area contributed by atoms with Crippen LogP contribution in [0.5, 0.6) is 0 Å². The molecule has 1 fully saturated rings. The number of halogens is 4. The minimum atomic E-state index is -4.51. The number of hydrogen-bond donors (Lipinski definition) is 2. The number of rotatable bonds is 4. The number of benzene rings is 1. The van der Waals surface area contributed by atoms with Gasteiger partial charge in [0, 0.05) is 17.1 Å². The van der Waals surface area contributed by atoms with Crippen molar-refractivity contribution >= 4 is 28.9 Å². The second-order valence-electron chi connectivity index (χ2n) is 6.12. The van der Waals surface area contributed by atoms with E-state index in [4.69, 9.17) is 11.6 Å². The molecule has 2 aromatic rings. The third kappa shape index (κ3) is 4.54. The summed E-state index contributed by atoms with van der Waals surface area (Å²) in [5.74, 6) is 1.40. The first kappa shape index (κ1) is 17.8. The molecule has 2 N–H and O–H groups in total. The Morgan fingerprint density at radius 3 is 2.44 bits per heavy atom. The van der Waals surface area contributed by atoms with Crippen molar-refractivity contribution in [2.45, 2.75) is 44.8 Å². The summed E-state index contributed by atoms with van der Waals surface area (Å²) in [6, 6.07) is 5.58. The first-order valence-corrected chi connectivity index (χ1v) is 8.45. The fraction of sp³-hybridized carbons (Fsp3) is 0.412. The Bertz CT molecular complexity index is 758. The van der Waals surface area contributed by atoms with Crippen LogP contribution in [0.3, 0.4) is 0 Å². The Morgan fingerprint density at radius 2 is 1.76 bits per heavy atom. The minimum absolute atomic E-state index is 0.0281. The number of aryl methyl sites for hydroxylation is 1. The summed E-state index contributed by atoms with van der Waals surface area (Å²) < 4.78 is 39.6. The smallest absolute Gasteiger partial charge is 0.367 e. The molecule has 0 spiro atoms. The highest BCUT2D eigenvalue weighted by atomic mass is 35.5. The van der Waals surface area contributed by atoms with E-state index in [-0.39, 0.29) is 10.7 Å². The molecule has 1 heterocycles. The molecule has 1 aliphatic carbocycles. The molecule has 0 bridgehead atoms. The van der Waals surface area contributed by atoms with Gasteiger partial charge in [0.25, 0.3) is 0 Å². The molecule has 134 valence electrons. The summed E-state index contributed by atoms with van der Waals surface area (Å²) in [6.45, 7) is 1.71. The van der Waals surface area contributed by atoms with Crippen molar-refractivity contribution < 1.29 is 13.2 Å².